The molecule has 18 heavy (non-hydrogen) atoms. The van der Waals surface area contributed by atoms with Gasteiger partial charge in [0.05, 0.1) is 12.7 Å². The molecule has 2 N–H and O–H groups in total. The van der Waals surface area contributed by atoms with E-state index in [4.69, 9.17) is 10.5 Å². The van der Waals surface area contributed by atoms with Gasteiger partial charge in [0.15, 0.2) is 0 Å². The summed E-state index contributed by atoms with van der Waals surface area (Å²) in [6, 6.07) is 5.21. The molecule has 0 aliphatic heterocycles. The lowest BCUT2D eigenvalue weighted by Gasteiger charge is -2.21. The minimum Gasteiger partial charge on any atom is -0.497 e. The standard InChI is InChI=1S/C14H20N2O2/c1-3-16(9-10-4-5-10)14(17)12-7-6-11(18-2)8-13(12)15/h6-8,10H,3-5,9,15H2,1-2H3. The zero-order chi connectivity index (χ0) is 13.1. The van der Waals surface area contributed by atoms with Gasteiger partial charge in [0.1, 0.15) is 5.75 Å². The number of anilines is 1. The largest absolute Gasteiger partial charge is 0.497 e. The molecule has 0 atom stereocenters. The topological polar surface area (TPSA) is 55.6 Å². The first-order chi connectivity index (χ1) is 8.65. The monoisotopic (exact) mass is 248 g/mol. The van der Waals surface area contributed by atoms with Crippen molar-refractivity contribution >= 4 is 11.6 Å². The van der Waals surface area contributed by atoms with E-state index in [2.05, 4.69) is 0 Å². The molecule has 1 amide bonds. The molecule has 4 heteroatoms. The van der Waals surface area contributed by atoms with Crippen LogP contribution in [0, 0.1) is 5.92 Å². The average molecular weight is 248 g/mol. The number of amides is 1. The molecule has 0 heterocycles. The van der Waals surface area contributed by atoms with Gasteiger partial charge in [-0.15, -0.1) is 0 Å². The molecule has 0 saturated heterocycles. The highest BCUT2D eigenvalue weighted by Crippen LogP contribution is 2.30. The van der Waals surface area contributed by atoms with Crippen LogP contribution < -0.4 is 10.5 Å². The first kappa shape index (κ1) is 12.7. The van der Waals surface area contributed by atoms with Crippen molar-refractivity contribution in [3.8, 4) is 5.75 Å². The van der Waals surface area contributed by atoms with E-state index in [1.165, 1.54) is 12.8 Å². The molecule has 98 valence electrons. The van der Waals surface area contributed by atoms with Crippen LogP contribution in [0.2, 0.25) is 0 Å². The van der Waals surface area contributed by atoms with Crippen LogP contribution in [0.3, 0.4) is 0 Å². The molecule has 0 radical (unpaired) electrons. The van der Waals surface area contributed by atoms with E-state index in [0.717, 1.165) is 13.1 Å². The third-order valence-electron chi connectivity index (χ3n) is 3.33. The fourth-order valence-electron chi connectivity index (χ4n) is 2.00. The van der Waals surface area contributed by atoms with Gasteiger partial charge in [0.2, 0.25) is 0 Å². The number of rotatable bonds is 5. The van der Waals surface area contributed by atoms with Gasteiger partial charge < -0.3 is 15.4 Å². The molecule has 1 aromatic rings. The summed E-state index contributed by atoms with van der Waals surface area (Å²) < 4.78 is 5.09. The number of hydrogen-bond donors (Lipinski definition) is 1. The quantitative estimate of drug-likeness (QED) is 0.812. The van der Waals surface area contributed by atoms with Gasteiger partial charge in [-0.05, 0) is 37.8 Å². The predicted molar refractivity (Wildman–Crippen MR) is 71.7 cm³/mol. The number of nitrogens with zero attached hydrogens (tertiary/aromatic N) is 1. The second-order valence-corrected chi connectivity index (χ2v) is 4.74. The van der Waals surface area contributed by atoms with E-state index < -0.39 is 0 Å². The number of carbonyl (C=O) groups is 1. The minimum absolute atomic E-state index is 0.0181. The fourth-order valence-corrected chi connectivity index (χ4v) is 2.00. The van der Waals surface area contributed by atoms with E-state index in [-0.39, 0.29) is 5.91 Å². The maximum absolute atomic E-state index is 12.4. The summed E-state index contributed by atoms with van der Waals surface area (Å²) >= 11 is 0. The Bertz CT molecular complexity index is 441. The molecule has 2 rings (SSSR count). The van der Waals surface area contributed by atoms with Crippen LogP contribution >= 0.6 is 0 Å². The van der Waals surface area contributed by atoms with Gasteiger partial charge in [0.25, 0.3) is 5.91 Å². The predicted octanol–water partition coefficient (Wildman–Crippen LogP) is 2.15. The van der Waals surface area contributed by atoms with Crippen LogP contribution in [-0.2, 0) is 0 Å². The van der Waals surface area contributed by atoms with Gasteiger partial charge in [-0.25, -0.2) is 0 Å². The normalized spacial score (nSPS) is 14.3. The number of benzene rings is 1. The van der Waals surface area contributed by atoms with Crippen molar-refractivity contribution in [3.63, 3.8) is 0 Å². The number of hydrogen-bond acceptors (Lipinski definition) is 3. The lowest BCUT2D eigenvalue weighted by atomic mass is 10.1. The Morgan fingerprint density at radius 1 is 1.50 bits per heavy atom. The van der Waals surface area contributed by atoms with Gasteiger partial charge >= 0.3 is 0 Å². The fraction of sp³-hybridized carbons (Fsp3) is 0.500. The van der Waals surface area contributed by atoms with E-state index in [1.807, 2.05) is 11.8 Å². The molecule has 1 saturated carbocycles. The van der Waals surface area contributed by atoms with Gasteiger partial charge in [-0.1, -0.05) is 0 Å². The van der Waals surface area contributed by atoms with Crippen LogP contribution in [-0.4, -0.2) is 31.0 Å². The molecule has 0 bridgehead atoms. The molecule has 4 nitrogen and oxygen atoms in total. The number of nitrogens with two attached hydrogens (primary N) is 1. The van der Waals surface area contributed by atoms with Crippen molar-refractivity contribution in [1.82, 2.24) is 4.90 Å². The van der Waals surface area contributed by atoms with E-state index in [0.29, 0.717) is 22.9 Å². The SMILES string of the molecule is CCN(CC1CC1)C(=O)c1ccc(OC)cc1N. The molecule has 1 aromatic carbocycles. The highest BCUT2D eigenvalue weighted by atomic mass is 16.5. The van der Waals surface area contributed by atoms with Crippen molar-refractivity contribution in [2.45, 2.75) is 19.8 Å². The Morgan fingerprint density at radius 2 is 2.22 bits per heavy atom. The Hall–Kier alpha value is -1.71. The zero-order valence-electron chi connectivity index (χ0n) is 11.0. The Kier molecular flexibility index (Phi) is 3.75. The molecule has 0 spiro atoms. The Balaban J connectivity index is 2.15. The summed E-state index contributed by atoms with van der Waals surface area (Å²) in [4.78, 5) is 14.2. The van der Waals surface area contributed by atoms with Crippen molar-refractivity contribution in [2.24, 2.45) is 5.92 Å². The maximum Gasteiger partial charge on any atom is 0.255 e. The molecular formula is C14H20N2O2. The Labute approximate surface area is 108 Å². The first-order valence-corrected chi connectivity index (χ1v) is 6.38. The zero-order valence-corrected chi connectivity index (χ0v) is 11.0. The van der Waals surface area contributed by atoms with Gasteiger partial charge in [-0.2, -0.15) is 0 Å². The Morgan fingerprint density at radius 3 is 2.72 bits per heavy atom. The molecule has 1 fully saturated rings. The molecule has 1 aliphatic carbocycles. The van der Waals surface area contributed by atoms with Gasteiger partial charge in [0, 0.05) is 24.8 Å². The molecule has 0 aromatic heterocycles. The second-order valence-electron chi connectivity index (χ2n) is 4.74. The number of ether oxygens (including phenoxy) is 1. The number of carbonyl (C=O) groups excluding carboxylic acids is 1. The third kappa shape index (κ3) is 2.75. The smallest absolute Gasteiger partial charge is 0.255 e. The summed E-state index contributed by atoms with van der Waals surface area (Å²) in [5, 5.41) is 0. The summed E-state index contributed by atoms with van der Waals surface area (Å²) in [5.74, 6) is 1.38. The van der Waals surface area contributed by atoms with Crippen molar-refractivity contribution in [1.29, 1.82) is 0 Å². The highest BCUT2D eigenvalue weighted by Gasteiger charge is 2.27. The van der Waals surface area contributed by atoms with E-state index in [1.54, 1.807) is 25.3 Å². The summed E-state index contributed by atoms with van der Waals surface area (Å²) in [6.07, 6.45) is 2.48. The van der Waals surface area contributed by atoms with Gasteiger partial charge in [-0.3, -0.25) is 4.79 Å². The van der Waals surface area contributed by atoms with Crippen LogP contribution in [0.25, 0.3) is 0 Å². The van der Waals surface area contributed by atoms with Crippen molar-refractivity contribution in [3.05, 3.63) is 23.8 Å². The average Bonchev–Trinajstić information content (AvgIpc) is 3.19. The molecule has 1 aliphatic rings. The highest BCUT2D eigenvalue weighted by molar-refractivity contribution is 5.99. The molecular weight excluding hydrogens is 228 g/mol. The second kappa shape index (κ2) is 5.29. The lowest BCUT2D eigenvalue weighted by Crippen LogP contribution is -2.33. The van der Waals surface area contributed by atoms with Crippen LogP contribution in [0.1, 0.15) is 30.1 Å². The third-order valence-corrected chi connectivity index (χ3v) is 3.33. The summed E-state index contributed by atoms with van der Waals surface area (Å²) in [7, 11) is 1.59. The molecule has 0 unspecified atom stereocenters. The number of methoxy groups -OCH3 is 1. The van der Waals surface area contributed by atoms with Crippen LogP contribution in [0.4, 0.5) is 5.69 Å². The minimum atomic E-state index is 0.0181. The summed E-state index contributed by atoms with van der Waals surface area (Å²) in [5.41, 5.74) is 6.96. The number of nitrogen functional groups attached to an aromatic ring is 1. The van der Waals surface area contributed by atoms with Crippen molar-refractivity contribution < 1.29 is 9.53 Å². The van der Waals surface area contributed by atoms with E-state index in [9.17, 15) is 4.79 Å². The van der Waals surface area contributed by atoms with Crippen LogP contribution in [0.15, 0.2) is 18.2 Å². The first-order valence-electron chi connectivity index (χ1n) is 6.38. The van der Waals surface area contributed by atoms with Crippen molar-refractivity contribution in [2.75, 3.05) is 25.9 Å². The maximum atomic E-state index is 12.4. The van der Waals surface area contributed by atoms with E-state index >= 15 is 0 Å². The van der Waals surface area contributed by atoms with Crippen LogP contribution in [0.5, 0.6) is 5.75 Å². The lowest BCUT2D eigenvalue weighted by molar-refractivity contribution is 0.0758. The summed E-state index contributed by atoms with van der Waals surface area (Å²) in [6.45, 7) is 3.57.